The van der Waals surface area contributed by atoms with Crippen molar-refractivity contribution >= 4 is 29.8 Å². The van der Waals surface area contributed by atoms with Gasteiger partial charge in [-0.1, -0.05) is 45.6 Å². The van der Waals surface area contributed by atoms with E-state index < -0.39 is 89.3 Å². The third kappa shape index (κ3) is 7.74. The first kappa shape index (κ1) is 38.2. The van der Waals surface area contributed by atoms with Crippen molar-refractivity contribution in [2.75, 3.05) is 0 Å². The quantitative estimate of drug-likeness (QED) is 0.0953. The summed E-state index contributed by atoms with van der Waals surface area (Å²) in [4.78, 5) is 65.7. The second-order valence-corrected chi connectivity index (χ2v) is 13.6. The second-order valence-electron chi connectivity index (χ2n) is 13.6. The number of ether oxygens (including phenoxy) is 5. The lowest BCUT2D eigenvalue weighted by atomic mass is 9.78. The molecule has 2 fully saturated rings. The first-order chi connectivity index (χ1) is 21.9. The summed E-state index contributed by atoms with van der Waals surface area (Å²) in [6, 6.07) is -0.580. The number of aliphatic hydroxyl groups is 1. The number of fused-ring (bicyclic) bond motifs is 3. The van der Waals surface area contributed by atoms with Crippen LogP contribution < -0.4 is 5.73 Å². The van der Waals surface area contributed by atoms with Crippen molar-refractivity contribution in [2.45, 2.75) is 149 Å². The van der Waals surface area contributed by atoms with Gasteiger partial charge in [-0.3, -0.25) is 19.2 Å². The topological polar surface area (TPSA) is 178 Å². The first-order valence-electron chi connectivity index (χ1n) is 16.8. The maximum Gasteiger partial charge on any atom is 0.334 e. The second kappa shape index (κ2) is 15.3. The first-order valence-corrected chi connectivity index (χ1v) is 16.8. The van der Waals surface area contributed by atoms with Gasteiger partial charge in [0.2, 0.25) is 0 Å². The molecule has 0 amide bonds. The number of allylic oxidation sites excluding steroid dienone is 1. The summed E-state index contributed by atoms with van der Waals surface area (Å²) in [5.41, 5.74) is 3.21. The Labute approximate surface area is 277 Å². The van der Waals surface area contributed by atoms with Crippen molar-refractivity contribution in [3.8, 4) is 0 Å². The van der Waals surface area contributed by atoms with Gasteiger partial charge in [0.05, 0.1) is 17.8 Å². The van der Waals surface area contributed by atoms with Gasteiger partial charge in [-0.25, -0.2) is 4.79 Å². The largest absolute Gasteiger partial charge is 0.459 e. The van der Waals surface area contributed by atoms with Gasteiger partial charge < -0.3 is 34.5 Å². The monoisotopic (exact) mass is 663 g/mol. The van der Waals surface area contributed by atoms with Crippen LogP contribution in [0.1, 0.15) is 107 Å². The van der Waals surface area contributed by atoms with E-state index in [2.05, 4.69) is 6.92 Å². The van der Waals surface area contributed by atoms with E-state index >= 15 is 0 Å². The van der Waals surface area contributed by atoms with Crippen LogP contribution in [0, 0.1) is 17.8 Å². The Morgan fingerprint density at radius 2 is 1.72 bits per heavy atom. The molecule has 12 nitrogen and oxygen atoms in total. The SMILES string of the molecule is C/C=C(/C)C(=O)O[C@H]1C(C)=C2[C@H]([C@@H]1OC(=O)CCCCCCC)[C@@](C)(OC(C)=O)C[C@H](OC(=O)C(C)C(C)N)[C@]1(O)[C@@H](C)C(=O)O[C@@H]21. The predicted molar refractivity (Wildman–Crippen MR) is 170 cm³/mol. The summed E-state index contributed by atoms with van der Waals surface area (Å²) >= 11 is 0. The summed E-state index contributed by atoms with van der Waals surface area (Å²) in [5.74, 6) is -6.33. The molecule has 1 saturated heterocycles. The maximum atomic E-state index is 13.4. The molecule has 47 heavy (non-hydrogen) atoms. The van der Waals surface area contributed by atoms with E-state index in [0.717, 1.165) is 25.7 Å². The fraction of sp³-hybridized carbons (Fsp3) is 0.743. The van der Waals surface area contributed by atoms with Crippen LogP contribution in [0.3, 0.4) is 0 Å². The molecule has 3 rings (SSSR count). The summed E-state index contributed by atoms with van der Waals surface area (Å²) in [7, 11) is 0. The highest BCUT2D eigenvalue weighted by molar-refractivity contribution is 5.88. The normalized spacial score (nSPS) is 33.2. The van der Waals surface area contributed by atoms with Gasteiger partial charge in [0.25, 0.3) is 0 Å². The molecule has 3 N–H and O–H groups in total. The fourth-order valence-corrected chi connectivity index (χ4v) is 6.93. The van der Waals surface area contributed by atoms with E-state index in [4.69, 9.17) is 29.4 Å². The molecule has 0 spiro atoms. The number of carbonyl (C=O) groups excluding carboxylic acids is 5. The predicted octanol–water partition coefficient (Wildman–Crippen LogP) is 4.00. The molecule has 0 radical (unpaired) electrons. The number of nitrogens with two attached hydrogens (primary N) is 1. The molecular formula is C35H53NO11. The average Bonchev–Trinajstić information content (AvgIpc) is 3.37. The Hall–Kier alpha value is -3.25. The zero-order chi connectivity index (χ0) is 35.4. The van der Waals surface area contributed by atoms with E-state index in [0.29, 0.717) is 17.6 Å². The molecule has 2 unspecified atom stereocenters. The van der Waals surface area contributed by atoms with Crippen LogP contribution in [-0.4, -0.2) is 76.6 Å². The standard InChI is InChI=1S/C35H53NO11/c1-10-12-13-14-15-16-25(38)44-29-27-26(20(5)28(29)45-31(39)18(3)11-2)30-35(42,21(6)33(41)46-30)24(17-34(27,9)47-23(8)37)43-32(40)19(4)22(7)36/h11,19,21-22,24,27-30,42H,10,12-17,36H2,1-9H3/b18-11-/t19?,21-,22?,24-,27+,28-,29-,30-,34-,35+/m0/s1. The van der Waals surface area contributed by atoms with Gasteiger partial charge in [-0.2, -0.15) is 0 Å². The average molecular weight is 664 g/mol. The molecule has 2 aliphatic carbocycles. The minimum atomic E-state index is -2.12. The minimum Gasteiger partial charge on any atom is -0.459 e. The molecule has 3 aliphatic rings. The minimum absolute atomic E-state index is 0.106. The lowest BCUT2D eigenvalue weighted by Crippen LogP contribution is -2.56. The third-order valence-electron chi connectivity index (χ3n) is 10.1. The smallest absolute Gasteiger partial charge is 0.334 e. The highest BCUT2D eigenvalue weighted by Gasteiger charge is 2.71. The van der Waals surface area contributed by atoms with Gasteiger partial charge in [-0.05, 0) is 59.1 Å². The van der Waals surface area contributed by atoms with Crippen molar-refractivity contribution in [3.05, 3.63) is 22.8 Å². The number of hydrogen-bond acceptors (Lipinski definition) is 12. The molecule has 12 heteroatoms. The highest BCUT2D eigenvalue weighted by atomic mass is 16.6. The van der Waals surface area contributed by atoms with Gasteiger partial charge in [-0.15, -0.1) is 0 Å². The molecule has 264 valence electrons. The lowest BCUT2D eigenvalue weighted by molar-refractivity contribution is -0.195. The maximum absolute atomic E-state index is 13.4. The molecule has 0 aromatic rings. The zero-order valence-electron chi connectivity index (χ0n) is 29.3. The van der Waals surface area contributed by atoms with Crippen LogP contribution in [0.4, 0.5) is 0 Å². The van der Waals surface area contributed by atoms with E-state index in [1.807, 2.05) is 0 Å². The van der Waals surface area contributed by atoms with E-state index in [1.165, 1.54) is 13.8 Å². The van der Waals surface area contributed by atoms with Crippen LogP contribution >= 0.6 is 0 Å². The molecular weight excluding hydrogens is 610 g/mol. The summed E-state index contributed by atoms with van der Waals surface area (Å²) < 4.78 is 29.8. The Kier molecular flexibility index (Phi) is 12.4. The van der Waals surface area contributed by atoms with Crippen molar-refractivity contribution in [3.63, 3.8) is 0 Å². The van der Waals surface area contributed by atoms with Crippen LogP contribution in [-0.2, 0) is 47.7 Å². The summed E-state index contributed by atoms with van der Waals surface area (Å²) in [5, 5.41) is 12.5. The van der Waals surface area contributed by atoms with Gasteiger partial charge >= 0.3 is 29.8 Å². The molecule has 1 aliphatic heterocycles. The third-order valence-corrected chi connectivity index (χ3v) is 10.1. The number of esters is 5. The van der Waals surface area contributed by atoms with Crippen molar-refractivity contribution in [1.82, 2.24) is 0 Å². The van der Waals surface area contributed by atoms with E-state index in [-0.39, 0.29) is 18.4 Å². The molecule has 0 aromatic heterocycles. The van der Waals surface area contributed by atoms with Crippen molar-refractivity contribution in [1.29, 1.82) is 0 Å². The van der Waals surface area contributed by atoms with E-state index in [9.17, 15) is 29.1 Å². The number of unbranched alkanes of at least 4 members (excludes halogenated alkanes) is 4. The molecule has 1 saturated carbocycles. The van der Waals surface area contributed by atoms with E-state index in [1.54, 1.807) is 47.6 Å². The molecule has 1 heterocycles. The van der Waals surface area contributed by atoms with Crippen LogP contribution in [0.25, 0.3) is 0 Å². The van der Waals surface area contributed by atoms with Crippen LogP contribution in [0.5, 0.6) is 0 Å². The number of hydrogen-bond donors (Lipinski definition) is 2. The van der Waals surface area contributed by atoms with Gasteiger partial charge in [0.15, 0.2) is 23.9 Å². The number of rotatable bonds is 13. The molecule has 0 aromatic carbocycles. The van der Waals surface area contributed by atoms with Crippen LogP contribution in [0.2, 0.25) is 0 Å². The fourth-order valence-electron chi connectivity index (χ4n) is 6.93. The Morgan fingerprint density at radius 3 is 2.30 bits per heavy atom. The Bertz CT molecular complexity index is 1290. The summed E-state index contributed by atoms with van der Waals surface area (Å²) in [6.07, 6.45) is 0.697. The lowest BCUT2D eigenvalue weighted by Gasteiger charge is -2.41. The Balaban J connectivity index is 2.21. The van der Waals surface area contributed by atoms with Crippen LogP contribution in [0.15, 0.2) is 22.8 Å². The van der Waals surface area contributed by atoms with Crippen molar-refractivity contribution in [2.24, 2.45) is 23.5 Å². The van der Waals surface area contributed by atoms with Crippen molar-refractivity contribution < 1.29 is 52.8 Å². The van der Waals surface area contributed by atoms with Gasteiger partial charge in [0, 0.05) is 31.4 Å². The molecule has 10 atom stereocenters. The Morgan fingerprint density at radius 1 is 1.09 bits per heavy atom. The summed E-state index contributed by atoms with van der Waals surface area (Å²) in [6.45, 7) is 14.5. The number of carbonyl (C=O) groups is 5. The molecule has 0 bridgehead atoms. The highest BCUT2D eigenvalue weighted by Crippen LogP contribution is 2.56. The van der Waals surface area contributed by atoms with Gasteiger partial charge in [0.1, 0.15) is 11.7 Å². The zero-order valence-corrected chi connectivity index (χ0v) is 29.3.